The molecule has 28 heavy (non-hydrogen) atoms. The molecule has 0 aromatic carbocycles. The van der Waals surface area contributed by atoms with Crippen LogP contribution in [-0.2, 0) is 26.1 Å². The van der Waals surface area contributed by atoms with Gasteiger partial charge in [-0.05, 0) is 56.8 Å². The van der Waals surface area contributed by atoms with E-state index in [1.165, 1.54) is 6.20 Å². The summed E-state index contributed by atoms with van der Waals surface area (Å²) in [5.74, 6) is 1.39. The number of nitrogens with two attached hydrogens (primary N) is 1. The molecule has 2 aromatic rings. The third-order valence-corrected chi connectivity index (χ3v) is 6.00. The number of alkyl halides is 3. The maximum atomic E-state index is 13.7. The van der Waals surface area contributed by atoms with Gasteiger partial charge in [0.25, 0.3) is 0 Å². The zero-order valence-electron chi connectivity index (χ0n) is 16.0. The number of hydrogen-bond acceptors (Lipinski definition) is 4. The highest BCUT2D eigenvalue weighted by Gasteiger charge is 2.37. The largest absolute Gasteiger partial charge is 0.419 e. The van der Waals surface area contributed by atoms with Gasteiger partial charge < -0.3 is 5.73 Å². The van der Waals surface area contributed by atoms with Gasteiger partial charge in [0.05, 0.1) is 11.9 Å². The molecule has 152 valence electrons. The number of aryl methyl sites for hydroxylation is 1. The fraction of sp³-hybridized carbons (Fsp3) is 0.650. The SMILES string of the molecule is Cn1ncc(-c2nc(CC3CCC(N)CC3)ncc2C(F)(F)F)c1CC1CC1. The van der Waals surface area contributed by atoms with Gasteiger partial charge in [0.15, 0.2) is 0 Å². The Morgan fingerprint density at radius 2 is 1.68 bits per heavy atom. The molecule has 2 N–H and O–H groups in total. The Morgan fingerprint density at radius 1 is 1.04 bits per heavy atom. The van der Waals surface area contributed by atoms with Crippen LogP contribution in [0.5, 0.6) is 0 Å². The van der Waals surface area contributed by atoms with Gasteiger partial charge in [-0.3, -0.25) is 4.68 Å². The van der Waals surface area contributed by atoms with Gasteiger partial charge in [0.1, 0.15) is 11.4 Å². The summed E-state index contributed by atoms with van der Waals surface area (Å²) >= 11 is 0. The van der Waals surface area contributed by atoms with Crippen LogP contribution in [0.4, 0.5) is 13.2 Å². The zero-order chi connectivity index (χ0) is 19.9. The predicted molar refractivity (Wildman–Crippen MR) is 99.3 cm³/mol. The van der Waals surface area contributed by atoms with Crippen molar-refractivity contribution in [3.05, 3.63) is 29.5 Å². The molecule has 8 heteroatoms. The Morgan fingerprint density at radius 3 is 2.32 bits per heavy atom. The van der Waals surface area contributed by atoms with Crippen molar-refractivity contribution < 1.29 is 13.2 Å². The van der Waals surface area contributed by atoms with Gasteiger partial charge >= 0.3 is 6.18 Å². The molecule has 4 rings (SSSR count). The molecule has 5 nitrogen and oxygen atoms in total. The van der Waals surface area contributed by atoms with Crippen molar-refractivity contribution in [2.45, 2.75) is 63.6 Å². The van der Waals surface area contributed by atoms with Crippen molar-refractivity contribution in [3.8, 4) is 11.3 Å². The van der Waals surface area contributed by atoms with E-state index in [1.807, 2.05) is 0 Å². The first-order valence-electron chi connectivity index (χ1n) is 10.0. The van der Waals surface area contributed by atoms with E-state index in [-0.39, 0.29) is 11.7 Å². The van der Waals surface area contributed by atoms with E-state index in [1.54, 1.807) is 11.7 Å². The van der Waals surface area contributed by atoms with E-state index in [4.69, 9.17) is 5.73 Å². The first kappa shape index (κ1) is 19.4. The summed E-state index contributed by atoms with van der Waals surface area (Å²) in [4.78, 5) is 8.47. The van der Waals surface area contributed by atoms with Crippen molar-refractivity contribution in [2.75, 3.05) is 0 Å². The quantitative estimate of drug-likeness (QED) is 0.836. The summed E-state index contributed by atoms with van der Waals surface area (Å²) < 4.78 is 42.7. The van der Waals surface area contributed by atoms with Gasteiger partial charge in [0, 0.05) is 37.0 Å². The zero-order valence-corrected chi connectivity index (χ0v) is 16.0. The lowest BCUT2D eigenvalue weighted by Crippen LogP contribution is -2.27. The summed E-state index contributed by atoms with van der Waals surface area (Å²) in [7, 11) is 1.78. The second-order valence-corrected chi connectivity index (χ2v) is 8.31. The molecule has 2 fully saturated rings. The Kier molecular flexibility index (Phi) is 5.16. The van der Waals surface area contributed by atoms with Crippen LogP contribution in [-0.4, -0.2) is 25.8 Å². The molecule has 0 atom stereocenters. The topological polar surface area (TPSA) is 69.6 Å². The van der Waals surface area contributed by atoms with Gasteiger partial charge in [-0.25, -0.2) is 9.97 Å². The molecule has 0 aliphatic heterocycles. The van der Waals surface area contributed by atoms with Crippen molar-refractivity contribution in [1.29, 1.82) is 0 Å². The molecule has 0 unspecified atom stereocenters. The van der Waals surface area contributed by atoms with E-state index in [0.29, 0.717) is 29.6 Å². The monoisotopic (exact) mass is 393 g/mol. The fourth-order valence-electron chi connectivity index (χ4n) is 4.08. The first-order chi connectivity index (χ1) is 13.3. The second-order valence-electron chi connectivity index (χ2n) is 8.31. The molecule has 0 amide bonds. The molecule has 2 aromatic heterocycles. The number of nitrogens with zero attached hydrogens (tertiary/aromatic N) is 4. The van der Waals surface area contributed by atoms with Gasteiger partial charge in [-0.2, -0.15) is 18.3 Å². The molecule has 0 spiro atoms. The predicted octanol–water partition coefficient (Wildman–Crippen LogP) is 3.91. The third kappa shape index (κ3) is 4.21. The molecule has 2 aliphatic rings. The lowest BCUT2D eigenvalue weighted by molar-refractivity contribution is -0.137. The summed E-state index contributed by atoms with van der Waals surface area (Å²) in [5, 5.41) is 4.23. The number of aromatic nitrogens is 4. The first-order valence-corrected chi connectivity index (χ1v) is 10.0. The van der Waals surface area contributed by atoms with Gasteiger partial charge in [-0.1, -0.05) is 0 Å². The third-order valence-electron chi connectivity index (χ3n) is 6.00. The van der Waals surface area contributed by atoms with Crippen LogP contribution in [0.15, 0.2) is 12.4 Å². The van der Waals surface area contributed by atoms with E-state index < -0.39 is 11.7 Å². The average molecular weight is 393 g/mol. The summed E-state index contributed by atoms with van der Waals surface area (Å²) in [6.07, 6.45) is 5.38. The number of rotatable bonds is 5. The van der Waals surface area contributed by atoms with Crippen LogP contribution in [0.25, 0.3) is 11.3 Å². The highest BCUT2D eigenvalue weighted by atomic mass is 19.4. The van der Waals surface area contributed by atoms with E-state index in [2.05, 4.69) is 15.1 Å². The molecule has 2 heterocycles. The molecule has 0 bridgehead atoms. The lowest BCUT2D eigenvalue weighted by Gasteiger charge is -2.25. The molecule has 2 saturated carbocycles. The Hall–Kier alpha value is -1.96. The normalized spacial score (nSPS) is 23.2. The van der Waals surface area contributed by atoms with E-state index >= 15 is 0 Å². The maximum absolute atomic E-state index is 13.7. The van der Waals surface area contributed by atoms with Crippen LogP contribution in [0, 0.1) is 11.8 Å². The second kappa shape index (κ2) is 7.46. The van der Waals surface area contributed by atoms with Gasteiger partial charge in [-0.15, -0.1) is 0 Å². The van der Waals surface area contributed by atoms with Crippen molar-refractivity contribution in [2.24, 2.45) is 24.6 Å². The van der Waals surface area contributed by atoms with Crippen molar-refractivity contribution in [3.63, 3.8) is 0 Å². The van der Waals surface area contributed by atoms with E-state index in [9.17, 15) is 13.2 Å². The highest BCUT2D eigenvalue weighted by molar-refractivity contribution is 5.65. The molecular weight excluding hydrogens is 367 g/mol. The summed E-state index contributed by atoms with van der Waals surface area (Å²) in [6.45, 7) is 0. The molecular formula is C20H26F3N5. The average Bonchev–Trinajstić information content (AvgIpc) is 3.39. The van der Waals surface area contributed by atoms with Crippen LogP contribution >= 0.6 is 0 Å². The van der Waals surface area contributed by atoms with Crippen LogP contribution in [0.1, 0.15) is 55.6 Å². The lowest BCUT2D eigenvalue weighted by atomic mass is 9.84. The minimum atomic E-state index is -4.50. The maximum Gasteiger partial charge on any atom is 0.419 e. The molecule has 0 radical (unpaired) electrons. The highest BCUT2D eigenvalue weighted by Crippen LogP contribution is 2.40. The van der Waals surface area contributed by atoms with Crippen LogP contribution in [0.3, 0.4) is 0 Å². The molecule has 2 aliphatic carbocycles. The fourth-order valence-corrected chi connectivity index (χ4v) is 4.08. The van der Waals surface area contributed by atoms with Gasteiger partial charge in [0.2, 0.25) is 0 Å². The molecule has 0 saturated heterocycles. The Labute approximate surface area is 162 Å². The van der Waals surface area contributed by atoms with Crippen LogP contribution < -0.4 is 5.73 Å². The summed E-state index contributed by atoms with van der Waals surface area (Å²) in [6, 6.07) is 0.237. The standard InChI is InChI=1S/C20H26F3N5/c1-28-17(8-12-2-3-12)15(10-26-28)19-16(20(21,22)23)11-25-18(27-19)9-13-4-6-14(24)7-5-13/h10-14H,2-9,24H2,1H3. The Balaban J connectivity index is 1.68. The summed E-state index contributed by atoms with van der Waals surface area (Å²) in [5.41, 5.74) is 6.44. The minimum absolute atomic E-state index is 0.0336. The van der Waals surface area contributed by atoms with E-state index in [0.717, 1.165) is 56.8 Å². The number of halogens is 3. The van der Waals surface area contributed by atoms with Crippen molar-refractivity contribution >= 4 is 0 Å². The van der Waals surface area contributed by atoms with Crippen molar-refractivity contribution in [1.82, 2.24) is 19.7 Å². The van der Waals surface area contributed by atoms with Crippen LogP contribution in [0.2, 0.25) is 0 Å². The Bertz CT molecular complexity index is 833. The smallest absolute Gasteiger partial charge is 0.328 e. The minimum Gasteiger partial charge on any atom is -0.328 e. The number of hydrogen-bond donors (Lipinski definition) is 1.